The van der Waals surface area contributed by atoms with Crippen molar-refractivity contribution in [2.45, 2.75) is 32.0 Å². The van der Waals surface area contributed by atoms with Crippen LogP contribution in [0.5, 0.6) is 0 Å². The molecule has 3 heterocycles. The van der Waals surface area contributed by atoms with Crippen molar-refractivity contribution in [2.75, 3.05) is 11.4 Å². The lowest BCUT2D eigenvalue weighted by Crippen LogP contribution is -2.27. The summed E-state index contributed by atoms with van der Waals surface area (Å²) in [4.78, 5) is 13.1. The minimum absolute atomic E-state index is 0.0822. The van der Waals surface area contributed by atoms with Gasteiger partial charge in [0.25, 0.3) is 0 Å². The number of H-pyrrole nitrogens is 1. The van der Waals surface area contributed by atoms with Crippen LogP contribution in [0.1, 0.15) is 41.5 Å². The lowest BCUT2D eigenvalue weighted by Gasteiger charge is -2.26. The topological polar surface area (TPSA) is 68.6 Å². The lowest BCUT2D eigenvalue weighted by atomic mass is 10.1. The molecule has 1 aliphatic rings. The summed E-state index contributed by atoms with van der Waals surface area (Å²) in [5.41, 5.74) is -1.13. The van der Waals surface area contributed by atoms with Crippen LogP contribution in [0.3, 0.4) is 0 Å². The van der Waals surface area contributed by atoms with E-state index in [0.29, 0.717) is 12.4 Å². The molecule has 1 aliphatic heterocycles. The van der Waals surface area contributed by atoms with Gasteiger partial charge in [-0.2, -0.15) is 18.4 Å². The summed E-state index contributed by atoms with van der Waals surface area (Å²) >= 11 is 0. The molecule has 120 valence electrons. The first-order valence-electron chi connectivity index (χ1n) is 7.16. The number of imidazole rings is 1. The largest absolute Gasteiger partial charge is 0.417 e. The molecule has 0 unspecified atom stereocenters. The zero-order valence-electron chi connectivity index (χ0n) is 12.4. The number of aromatic amines is 1. The van der Waals surface area contributed by atoms with Crippen LogP contribution in [0.2, 0.25) is 0 Å². The second kappa shape index (κ2) is 5.57. The van der Waals surface area contributed by atoms with Gasteiger partial charge in [-0.1, -0.05) is 0 Å². The molecule has 3 rings (SSSR count). The van der Waals surface area contributed by atoms with E-state index in [1.165, 1.54) is 6.92 Å². The van der Waals surface area contributed by atoms with Gasteiger partial charge in [0.1, 0.15) is 23.3 Å². The fraction of sp³-hybridized carbons (Fsp3) is 0.400. The first-order valence-corrected chi connectivity index (χ1v) is 7.16. The molecule has 1 fully saturated rings. The van der Waals surface area contributed by atoms with Gasteiger partial charge in [0.15, 0.2) is 0 Å². The second-order valence-corrected chi connectivity index (χ2v) is 5.45. The van der Waals surface area contributed by atoms with E-state index in [1.54, 1.807) is 23.4 Å². The van der Waals surface area contributed by atoms with E-state index in [4.69, 9.17) is 0 Å². The molecule has 0 bridgehead atoms. The van der Waals surface area contributed by atoms with E-state index >= 15 is 0 Å². The Morgan fingerprint density at radius 1 is 1.43 bits per heavy atom. The van der Waals surface area contributed by atoms with Crippen LogP contribution in [0, 0.1) is 18.3 Å². The molecule has 2 aromatic heterocycles. The van der Waals surface area contributed by atoms with Gasteiger partial charge in [-0.05, 0) is 25.8 Å². The fourth-order valence-electron chi connectivity index (χ4n) is 2.96. The van der Waals surface area contributed by atoms with Crippen molar-refractivity contribution >= 4 is 5.82 Å². The smallest absolute Gasteiger partial charge is 0.347 e. The van der Waals surface area contributed by atoms with E-state index in [9.17, 15) is 18.4 Å². The number of aromatic nitrogens is 3. The van der Waals surface area contributed by atoms with Crippen molar-refractivity contribution in [2.24, 2.45) is 0 Å². The molecule has 2 aromatic rings. The predicted octanol–water partition coefficient (Wildman–Crippen LogP) is 3.35. The summed E-state index contributed by atoms with van der Waals surface area (Å²) in [6.45, 7) is 2.03. The van der Waals surface area contributed by atoms with Crippen LogP contribution < -0.4 is 4.90 Å². The Labute approximate surface area is 130 Å². The highest BCUT2D eigenvalue weighted by molar-refractivity contribution is 5.60. The number of aryl methyl sites for hydroxylation is 1. The summed E-state index contributed by atoms with van der Waals surface area (Å²) < 4.78 is 39.7. The monoisotopic (exact) mass is 321 g/mol. The van der Waals surface area contributed by atoms with Gasteiger partial charge >= 0.3 is 6.18 Å². The Morgan fingerprint density at radius 3 is 2.83 bits per heavy atom. The zero-order chi connectivity index (χ0) is 16.6. The summed E-state index contributed by atoms with van der Waals surface area (Å²) in [6.07, 6.45) is 0.222. The third kappa shape index (κ3) is 2.74. The van der Waals surface area contributed by atoms with Crippen molar-refractivity contribution in [1.82, 2.24) is 15.0 Å². The number of pyridine rings is 1. The Kier molecular flexibility index (Phi) is 3.72. The molecule has 0 aromatic carbocycles. The second-order valence-electron chi connectivity index (χ2n) is 5.45. The van der Waals surface area contributed by atoms with Gasteiger partial charge < -0.3 is 9.88 Å². The number of hydrogen-bond donors (Lipinski definition) is 1. The first kappa shape index (κ1) is 15.3. The number of hydrogen-bond acceptors (Lipinski definition) is 4. The quantitative estimate of drug-likeness (QED) is 0.921. The number of anilines is 1. The van der Waals surface area contributed by atoms with E-state index < -0.39 is 17.3 Å². The molecule has 0 radical (unpaired) electrons. The Bertz CT molecular complexity index is 746. The van der Waals surface area contributed by atoms with E-state index in [-0.39, 0.29) is 17.6 Å². The first-order chi connectivity index (χ1) is 10.9. The predicted molar refractivity (Wildman–Crippen MR) is 76.6 cm³/mol. The minimum atomic E-state index is -4.59. The number of nitriles is 1. The average molecular weight is 321 g/mol. The van der Waals surface area contributed by atoms with Gasteiger partial charge in [-0.25, -0.2) is 9.97 Å². The maximum atomic E-state index is 13.2. The highest BCUT2D eigenvalue weighted by Crippen LogP contribution is 2.40. The van der Waals surface area contributed by atoms with Crippen LogP contribution in [0.4, 0.5) is 19.0 Å². The van der Waals surface area contributed by atoms with Crippen LogP contribution in [0.15, 0.2) is 18.5 Å². The number of nitrogens with one attached hydrogen (secondary N) is 1. The SMILES string of the molecule is Cc1cc(C(F)(F)F)c(C#N)c(N2CCC[C@H]2c2ncc[nH]2)n1. The van der Waals surface area contributed by atoms with Crippen LogP contribution >= 0.6 is 0 Å². The van der Waals surface area contributed by atoms with Crippen molar-refractivity contribution in [3.8, 4) is 6.07 Å². The molecule has 0 amide bonds. The summed E-state index contributed by atoms with van der Waals surface area (Å²) in [7, 11) is 0. The molecule has 23 heavy (non-hydrogen) atoms. The Hall–Kier alpha value is -2.56. The number of nitrogens with zero attached hydrogens (tertiary/aromatic N) is 4. The number of halogens is 3. The third-order valence-electron chi connectivity index (χ3n) is 3.91. The molecule has 1 atom stereocenters. The standard InChI is InChI=1S/C15H14F3N5/c1-9-7-11(15(16,17)18)10(8-19)14(22-9)23-6-2-3-12(23)13-20-4-5-21-13/h4-5,7,12H,2-3,6H2,1H3,(H,20,21)/t12-/m0/s1. The average Bonchev–Trinajstić information content (AvgIpc) is 3.16. The molecular formula is C15H14F3N5. The summed E-state index contributed by atoms with van der Waals surface area (Å²) in [5, 5.41) is 9.29. The molecule has 1 N–H and O–H groups in total. The maximum absolute atomic E-state index is 13.2. The summed E-state index contributed by atoms with van der Waals surface area (Å²) in [5.74, 6) is 0.752. The Morgan fingerprint density at radius 2 is 2.22 bits per heavy atom. The summed E-state index contributed by atoms with van der Waals surface area (Å²) in [6, 6.07) is 2.40. The van der Waals surface area contributed by atoms with Crippen molar-refractivity contribution in [3.05, 3.63) is 41.1 Å². The normalized spacial score (nSPS) is 18.2. The van der Waals surface area contributed by atoms with Crippen LogP contribution in [0.25, 0.3) is 0 Å². The molecule has 0 spiro atoms. The van der Waals surface area contributed by atoms with Crippen LogP contribution in [-0.4, -0.2) is 21.5 Å². The lowest BCUT2D eigenvalue weighted by molar-refractivity contribution is -0.137. The van der Waals surface area contributed by atoms with E-state index in [2.05, 4.69) is 15.0 Å². The van der Waals surface area contributed by atoms with Crippen molar-refractivity contribution in [3.63, 3.8) is 0 Å². The highest BCUT2D eigenvalue weighted by Gasteiger charge is 2.38. The van der Waals surface area contributed by atoms with E-state index in [1.807, 2.05) is 0 Å². The minimum Gasteiger partial charge on any atom is -0.347 e. The third-order valence-corrected chi connectivity index (χ3v) is 3.91. The molecule has 0 saturated carbocycles. The molecule has 1 saturated heterocycles. The fourth-order valence-corrected chi connectivity index (χ4v) is 2.96. The van der Waals surface area contributed by atoms with Gasteiger partial charge in [-0.3, -0.25) is 0 Å². The highest BCUT2D eigenvalue weighted by atomic mass is 19.4. The van der Waals surface area contributed by atoms with Crippen molar-refractivity contribution in [1.29, 1.82) is 5.26 Å². The number of alkyl halides is 3. The Balaban J connectivity index is 2.12. The van der Waals surface area contributed by atoms with Gasteiger partial charge in [0.2, 0.25) is 0 Å². The molecule has 8 heteroatoms. The molecule has 5 nitrogen and oxygen atoms in total. The van der Waals surface area contributed by atoms with Gasteiger partial charge in [0, 0.05) is 24.6 Å². The maximum Gasteiger partial charge on any atom is 0.417 e. The number of rotatable bonds is 2. The van der Waals surface area contributed by atoms with E-state index in [0.717, 1.165) is 18.9 Å². The molecular weight excluding hydrogens is 307 g/mol. The molecule has 0 aliphatic carbocycles. The van der Waals surface area contributed by atoms with Gasteiger partial charge in [0.05, 0.1) is 11.6 Å². The van der Waals surface area contributed by atoms with Crippen molar-refractivity contribution < 1.29 is 13.2 Å². The van der Waals surface area contributed by atoms with Crippen LogP contribution in [-0.2, 0) is 6.18 Å². The van der Waals surface area contributed by atoms with Gasteiger partial charge in [-0.15, -0.1) is 0 Å². The zero-order valence-corrected chi connectivity index (χ0v) is 12.4.